The third-order valence-corrected chi connectivity index (χ3v) is 6.44. The van der Waals surface area contributed by atoms with Gasteiger partial charge in [0.2, 0.25) is 15.9 Å². The summed E-state index contributed by atoms with van der Waals surface area (Å²) in [5, 5.41) is 2.70. The summed E-state index contributed by atoms with van der Waals surface area (Å²) in [6.45, 7) is 0.408. The van der Waals surface area contributed by atoms with Crippen LogP contribution < -0.4 is 5.32 Å². The van der Waals surface area contributed by atoms with Gasteiger partial charge in [0.15, 0.2) is 0 Å². The Labute approximate surface area is 152 Å². The van der Waals surface area contributed by atoms with Crippen molar-refractivity contribution in [3.8, 4) is 0 Å². The van der Waals surface area contributed by atoms with Crippen molar-refractivity contribution in [1.82, 2.24) is 4.31 Å². The first-order valence-electron chi connectivity index (χ1n) is 8.59. The van der Waals surface area contributed by atoms with E-state index < -0.39 is 10.0 Å². The van der Waals surface area contributed by atoms with Gasteiger partial charge in [-0.25, -0.2) is 12.8 Å². The Bertz CT molecular complexity index is 854. The highest BCUT2D eigenvalue weighted by Crippen LogP contribution is 2.27. The zero-order valence-electron chi connectivity index (χ0n) is 14.3. The van der Waals surface area contributed by atoms with Gasteiger partial charge in [-0.05, 0) is 49.2 Å². The number of hydrogen-bond acceptors (Lipinski definition) is 3. The van der Waals surface area contributed by atoms with Crippen LogP contribution in [-0.2, 0) is 14.8 Å². The summed E-state index contributed by atoms with van der Waals surface area (Å²) in [5.74, 6) is -0.660. The quantitative estimate of drug-likeness (QED) is 0.870. The predicted molar refractivity (Wildman–Crippen MR) is 97.6 cm³/mol. The molecule has 1 N–H and O–H groups in total. The molecule has 138 valence electrons. The Morgan fingerprint density at radius 2 is 1.77 bits per heavy atom. The molecule has 26 heavy (non-hydrogen) atoms. The van der Waals surface area contributed by atoms with Gasteiger partial charge in [0, 0.05) is 24.7 Å². The molecule has 7 heteroatoms. The van der Waals surface area contributed by atoms with Crippen LogP contribution in [0.2, 0.25) is 0 Å². The molecule has 1 saturated heterocycles. The number of benzene rings is 2. The normalized spacial score (nSPS) is 18.4. The maximum absolute atomic E-state index is 13.0. The van der Waals surface area contributed by atoms with Crippen molar-refractivity contribution >= 4 is 21.6 Å². The topological polar surface area (TPSA) is 66.5 Å². The SMILES string of the molecule is O=C(C[C@@H]1CCCCN1S(=O)(=O)c1ccccc1)Nc1ccc(F)cc1. The lowest BCUT2D eigenvalue weighted by Gasteiger charge is -2.34. The fraction of sp³-hybridized carbons (Fsp3) is 0.316. The molecule has 0 spiro atoms. The Kier molecular flexibility index (Phi) is 5.68. The molecule has 5 nitrogen and oxygen atoms in total. The third-order valence-electron chi connectivity index (χ3n) is 4.47. The van der Waals surface area contributed by atoms with Gasteiger partial charge in [0.05, 0.1) is 4.90 Å². The zero-order valence-corrected chi connectivity index (χ0v) is 15.1. The number of rotatable bonds is 5. The van der Waals surface area contributed by atoms with Crippen LogP contribution >= 0.6 is 0 Å². The van der Waals surface area contributed by atoms with Crippen molar-refractivity contribution < 1.29 is 17.6 Å². The lowest BCUT2D eigenvalue weighted by molar-refractivity contribution is -0.117. The van der Waals surface area contributed by atoms with Crippen LogP contribution in [0.15, 0.2) is 59.5 Å². The molecule has 1 fully saturated rings. The lowest BCUT2D eigenvalue weighted by atomic mass is 10.0. The van der Waals surface area contributed by atoms with Crippen LogP contribution in [0.1, 0.15) is 25.7 Å². The highest BCUT2D eigenvalue weighted by molar-refractivity contribution is 7.89. The summed E-state index contributed by atoms with van der Waals surface area (Å²) >= 11 is 0. The number of anilines is 1. The molecular formula is C19H21FN2O3S. The van der Waals surface area contributed by atoms with Crippen LogP contribution in [0, 0.1) is 5.82 Å². The molecule has 1 aliphatic rings. The summed E-state index contributed by atoms with van der Waals surface area (Å²) in [6.07, 6.45) is 2.38. The first kappa shape index (κ1) is 18.5. The molecule has 2 aromatic carbocycles. The van der Waals surface area contributed by atoms with Crippen molar-refractivity contribution in [2.45, 2.75) is 36.6 Å². The fourth-order valence-corrected chi connectivity index (χ4v) is 4.90. The van der Waals surface area contributed by atoms with E-state index in [0.717, 1.165) is 12.8 Å². The second-order valence-corrected chi connectivity index (χ2v) is 8.23. The molecule has 1 heterocycles. The molecule has 3 rings (SSSR count). The summed E-state index contributed by atoms with van der Waals surface area (Å²) in [6, 6.07) is 13.4. The van der Waals surface area contributed by atoms with Crippen molar-refractivity contribution in [3.05, 3.63) is 60.4 Å². The second-order valence-electron chi connectivity index (χ2n) is 6.34. The molecule has 1 aliphatic heterocycles. The van der Waals surface area contributed by atoms with Crippen LogP contribution in [0.4, 0.5) is 10.1 Å². The number of nitrogens with one attached hydrogen (secondary N) is 1. The van der Waals surface area contributed by atoms with E-state index in [1.165, 1.54) is 28.6 Å². The number of piperidine rings is 1. The minimum absolute atomic E-state index is 0.0729. The monoisotopic (exact) mass is 376 g/mol. The molecule has 2 aromatic rings. The molecule has 1 amide bonds. The van der Waals surface area contributed by atoms with Crippen molar-refractivity contribution in [3.63, 3.8) is 0 Å². The van der Waals surface area contributed by atoms with Gasteiger partial charge in [0.25, 0.3) is 0 Å². The van der Waals surface area contributed by atoms with Crippen molar-refractivity contribution in [1.29, 1.82) is 0 Å². The summed E-state index contributed by atoms with van der Waals surface area (Å²) in [7, 11) is -3.63. The molecule has 0 radical (unpaired) electrons. The van der Waals surface area contributed by atoms with Crippen molar-refractivity contribution in [2.24, 2.45) is 0 Å². The third kappa shape index (κ3) is 4.28. The van der Waals surface area contributed by atoms with Crippen LogP contribution in [-0.4, -0.2) is 31.2 Å². The number of carbonyl (C=O) groups is 1. The molecule has 0 bridgehead atoms. The molecule has 0 aromatic heterocycles. The van der Waals surface area contributed by atoms with E-state index >= 15 is 0 Å². The molecule has 0 saturated carbocycles. The smallest absolute Gasteiger partial charge is 0.243 e. The van der Waals surface area contributed by atoms with Gasteiger partial charge in [0.1, 0.15) is 5.82 Å². The molecule has 0 aliphatic carbocycles. The summed E-state index contributed by atoms with van der Waals surface area (Å²) in [4.78, 5) is 12.6. The fourth-order valence-electron chi connectivity index (χ4n) is 3.18. The Hall–Kier alpha value is -2.25. The van der Waals surface area contributed by atoms with E-state index in [1.807, 2.05) is 0 Å². The number of carbonyl (C=O) groups excluding carboxylic acids is 1. The van der Waals surface area contributed by atoms with Crippen LogP contribution in [0.5, 0.6) is 0 Å². The standard InChI is InChI=1S/C19H21FN2O3S/c20-15-9-11-16(12-10-15)21-19(23)14-17-6-4-5-13-22(17)26(24,25)18-7-2-1-3-8-18/h1-3,7-12,17H,4-6,13-14H2,(H,21,23)/t17-/m0/s1. The number of amides is 1. The molecule has 0 unspecified atom stereocenters. The highest BCUT2D eigenvalue weighted by Gasteiger charge is 2.34. The van der Waals surface area contributed by atoms with E-state index in [4.69, 9.17) is 0 Å². The van der Waals surface area contributed by atoms with Gasteiger partial charge in [-0.15, -0.1) is 0 Å². The Balaban J connectivity index is 1.72. The van der Waals surface area contributed by atoms with Gasteiger partial charge >= 0.3 is 0 Å². The minimum atomic E-state index is -3.63. The van der Waals surface area contributed by atoms with Gasteiger partial charge in [-0.3, -0.25) is 4.79 Å². The van der Waals surface area contributed by atoms with Gasteiger partial charge in [-0.1, -0.05) is 24.6 Å². The zero-order chi connectivity index (χ0) is 18.6. The van der Waals surface area contributed by atoms with Gasteiger partial charge in [-0.2, -0.15) is 4.31 Å². The largest absolute Gasteiger partial charge is 0.326 e. The second kappa shape index (κ2) is 7.97. The van der Waals surface area contributed by atoms with Crippen LogP contribution in [0.3, 0.4) is 0 Å². The maximum Gasteiger partial charge on any atom is 0.243 e. The van der Waals surface area contributed by atoms with E-state index in [-0.39, 0.29) is 29.1 Å². The summed E-state index contributed by atoms with van der Waals surface area (Å²) < 4.78 is 40.2. The minimum Gasteiger partial charge on any atom is -0.326 e. The first-order valence-corrected chi connectivity index (χ1v) is 10.0. The van der Waals surface area contributed by atoms with Crippen LogP contribution in [0.25, 0.3) is 0 Å². The van der Waals surface area contributed by atoms with E-state index in [0.29, 0.717) is 18.7 Å². The highest BCUT2D eigenvalue weighted by atomic mass is 32.2. The van der Waals surface area contributed by atoms with Gasteiger partial charge < -0.3 is 5.32 Å². The number of halogens is 1. The Morgan fingerprint density at radius 3 is 2.46 bits per heavy atom. The van der Waals surface area contributed by atoms with E-state index in [2.05, 4.69) is 5.32 Å². The molecular weight excluding hydrogens is 355 g/mol. The average Bonchev–Trinajstić information content (AvgIpc) is 2.64. The molecule has 1 atom stereocenters. The number of hydrogen-bond donors (Lipinski definition) is 1. The lowest BCUT2D eigenvalue weighted by Crippen LogP contribution is -2.45. The van der Waals surface area contributed by atoms with Crippen molar-refractivity contribution in [2.75, 3.05) is 11.9 Å². The number of sulfonamides is 1. The summed E-state index contributed by atoms with van der Waals surface area (Å²) in [5.41, 5.74) is 0.490. The maximum atomic E-state index is 13.0. The first-order chi connectivity index (χ1) is 12.5. The predicted octanol–water partition coefficient (Wildman–Crippen LogP) is 3.40. The Morgan fingerprint density at radius 1 is 1.08 bits per heavy atom. The number of nitrogens with zero attached hydrogens (tertiary/aromatic N) is 1. The average molecular weight is 376 g/mol. The van der Waals surface area contributed by atoms with E-state index in [1.54, 1.807) is 30.3 Å². The van der Waals surface area contributed by atoms with E-state index in [9.17, 15) is 17.6 Å².